The zero-order chi connectivity index (χ0) is 14.3. The molecule has 0 aromatic heterocycles. The van der Waals surface area contributed by atoms with Gasteiger partial charge in [0.25, 0.3) is 5.91 Å². The fraction of sp³-hybridized carbons (Fsp3) is 0.188. The number of amides is 1. The first kappa shape index (κ1) is 13.0. The smallest absolute Gasteiger partial charge is 0.260 e. The SMILES string of the molecule is CC1Cc2ccccc2N1C(=O)c1cccc(Cl)c1N. The lowest BCUT2D eigenvalue weighted by Gasteiger charge is -2.23. The average Bonchev–Trinajstić information content (AvgIpc) is 2.77. The molecule has 1 atom stereocenters. The highest BCUT2D eigenvalue weighted by Gasteiger charge is 2.32. The molecular formula is C16H15ClN2O. The molecule has 0 saturated carbocycles. The number of hydrogen-bond acceptors (Lipinski definition) is 2. The Labute approximate surface area is 123 Å². The summed E-state index contributed by atoms with van der Waals surface area (Å²) in [6, 6.07) is 13.2. The zero-order valence-electron chi connectivity index (χ0n) is 11.1. The van der Waals surface area contributed by atoms with Crippen LogP contribution in [0.5, 0.6) is 0 Å². The molecule has 0 saturated heterocycles. The first-order valence-electron chi connectivity index (χ1n) is 6.55. The number of nitrogens with zero attached hydrogens (tertiary/aromatic N) is 1. The minimum absolute atomic E-state index is 0.0950. The number of anilines is 2. The Morgan fingerprint density at radius 1 is 1.25 bits per heavy atom. The number of nitrogens with two attached hydrogens (primary N) is 1. The maximum absolute atomic E-state index is 12.8. The molecule has 3 nitrogen and oxygen atoms in total. The minimum atomic E-state index is -0.0950. The molecule has 4 heteroatoms. The van der Waals surface area contributed by atoms with Gasteiger partial charge in [0.2, 0.25) is 0 Å². The number of rotatable bonds is 1. The van der Waals surface area contributed by atoms with Gasteiger partial charge >= 0.3 is 0 Å². The number of halogens is 1. The molecule has 0 radical (unpaired) electrons. The number of nitrogen functional groups attached to an aromatic ring is 1. The van der Waals surface area contributed by atoms with E-state index in [2.05, 4.69) is 6.07 Å². The van der Waals surface area contributed by atoms with Crippen LogP contribution < -0.4 is 10.6 Å². The molecule has 0 bridgehead atoms. The third-order valence-electron chi connectivity index (χ3n) is 3.71. The maximum atomic E-state index is 12.8. The Bertz CT molecular complexity index is 684. The van der Waals surface area contributed by atoms with Gasteiger partial charge in [-0.15, -0.1) is 0 Å². The summed E-state index contributed by atoms with van der Waals surface area (Å²) >= 11 is 6.01. The van der Waals surface area contributed by atoms with Crippen LogP contribution in [0.25, 0.3) is 0 Å². The van der Waals surface area contributed by atoms with Gasteiger partial charge in [-0.05, 0) is 37.1 Å². The van der Waals surface area contributed by atoms with Crippen LogP contribution in [0.2, 0.25) is 5.02 Å². The maximum Gasteiger partial charge on any atom is 0.260 e. The van der Waals surface area contributed by atoms with E-state index in [1.165, 1.54) is 5.56 Å². The van der Waals surface area contributed by atoms with Crippen LogP contribution in [-0.2, 0) is 6.42 Å². The van der Waals surface area contributed by atoms with E-state index in [1.807, 2.05) is 25.1 Å². The van der Waals surface area contributed by atoms with Crippen LogP contribution in [0.1, 0.15) is 22.8 Å². The minimum Gasteiger partial charge on any atom is -0.397 e. The Morgan fingerprint density at radius 2 is 2.00 bits per heavy atom. The van der Waals surface area contributed by atoms with Gasteiger partial charge < -0.3 is 10.6 Å². The fourth-order valence-electron chi connectivity index (χ4n) is 2.73. The highest BCUT2D eigenvalue weighted by Crippen LogP contribution is 2.34. The summed E-state index contributed by atoms with van der Waals surface area (Å²) in [5, 5.41) is 0.413. The second-order valence-electron chi connectivity index (χ2n) is 5.06. The summed E-state index contributed by atoms with van der Waals surface area (Å²) in [7, 11) is 0. The van der Waals surface area contributed by atoms with Crippen molar-refractivity contribution in [2.45, 2.75) is 19.4 Å². The molecule has 3 rings (SSSR count). The number of benzene rings is 2. The van der Waals surface area contributed by atoms with Crippen molar-refractivity contribution in [1.82, 2.24) is 0 Å². The quantitative estimate of drug-likeness (QED) is 0.816. The van der Waals surface area contributed by atoms with Gasteiger partial charge in [-0.25, -0.2) is 0 Å². The molecule has 1 amide bonds. The summed E-state index contributed by atoms with van der Waals surface area (Å²) in [5.41, 5.74) is 8.89. The van der Waals surface area contributed by atoms with Gasteiger partial charge in [0.15, 0.2) is 0 Å². The van der Waals surface area contributed by atoms with Gasteiger partial charge in [0, 0.05) is 11.7 Å². The predicted molar refractivity (Wildman–Crippen MR) is 82.3 cm³/mol. The Morgan fingerprint density at radius 3 is 2.80 bits per heavy atom. The topological polar surface area (TPSA) is 46.3 Å². The number of hydrogen-bond donors (Lipinski definition) is 1. The number of carbonyl (C=O) groups excluding carboxylic acids is 1. The van der Waals surface area contributed by atoms with E-state index in [-0.39, 0.29) is 11.9 Å². The van der Waals surface area contributed by atoms with Crippen molar-refractivity contribution in [3.05, 3.63) is 58.6 Å². The molecule has 0 fully saturated rings. The van der Waals surface area contributed by atoms with Gasteiger partial charge in [-0.3, -0.25) is 4.79 Å². The van der Waals surface area contributed by atoms with Crippen LogP contribution in [0, 0.1) is 0 Å². The van der Waals surface area contributed by atoms with Gasteiger partial charge in [0.1, 0.15) is 0 Å². The summed E-state index contributed by atoms with van der Waals surface area (Å²) in [6.45, 7) is 2.04. The standard InChI is InChI=1S/C16H15ClN2O/c1-10-9-11-5-2-3-8-14(11)19(10)16(20)12-6-4-7-13(17)15(12)18/h2-8,10H,9,18H2,1H3. The second kappa shape index (κ2) is 4.84. The lowest BCUT2D eigenvalue weighted by atomic mass is 10.1. The molecule has 0 aliphatic carbocycles. The highest BCUT2D eigenvalue weighted by atomic mass is 35.5. The van der Waals surface area contributed by atoms with E-state index >= 15 is 0 Å². The van der Waals surface area contributed by atoms with Crippen molar-refractivity contribution in [2.75, 3.05) is 10.6 Å². The van der Waals surface area contributed by atoms with E-state index in [4.69, 9.17) is 17.3 Å². The number of carbonyl (C=O) groups is 1. The Kier molecular flexibility index (Phi) is 3.14. The summed E-state index contributed by atoms with van der Waals surface area (Å²) in [6.07, 6.45) is 0.863. The lowest BCUT2D eigenvalue weighted by Crippen LogP contribution is -2.36. The fourth-order valence-corrected chi connectivity index (χ4v) is 2.90. The molecule has 2 aromatic rings. The van der Waals surface area contributed by atoms with Crippen molar-refractivity contribution in [3.63, 3.8) is 0 Å². The molecule has 20 heavy (non-hydrogen) atoms. The summed E-state index contributed by atoms with van der Waals surface area (Å²) < 4.78 is 0. The third kappa shape index (κ3) is 1.95. The van der Waals surface area contributed by atoms with Crippen LogP contribution in [0.15, 0.2) is 42.5 Å². The Hall–Kier alpha value is -2.00. The monoisotopic (exact) mass is 286 g/mol. The highest BCUT2D eigenvalue weighted by molar-refractivity contribution is 6.34. The molecule has 0 spiro atoms. The largest absolute Gasteiger partial charge is 0.397 e. The first-order valence-corrected chi connectivity index (χ1v) is 6.93. The molecule has 2 N–H and O–H groups in total. The third-order valence-corrected chi connectivity index (χ3v) is 4.04. The number of fused-ring (bicyclic) bond motifs is 1. The van der Waals surface area contributed by atoms with E-state index < -0.39 is 0 Å². The second-order valence-corrected chi connectivity index (χ2v) is 5.47. The molecule has 1 aliphatic heterocycles. The zero-order valence-corrected chi connectivity index (χ0v) is 11.9. The van der Waals surface area contributed by atoms with Crippen LogP contribution in [0.4, 0.5) is 11.4 Å². The van der Waals surface area contributed by atoms with Gasteiger partial charge in [-0.2, -0.15) is 0 Å². The van der Waals surface area contributed by atoms with Gasteiger partial charge in [-0.1, -0.05) is 35.9 Å². The van der Waals surface area contributed by atoms with Crippen molar-refractivity contribution in [2.24, 2.45) is 0 Å². The molecule has 1 heterocycles. The molecular weight excluding hydrogens is 272 g/mol. The van der Waals surface area contributed by atoms with E-state index in [1.54, 1.807) is 23.1 Å². The normalized spacial score (nSPS) is 17.1. The summed E-state index contributed by atoms with van der Waals surface area (Å²) in [5.74, 6) is -0.0950. The molecule has 1 unspecified atom stereocenters. The van der Waals surface area contributed by atoms with Crippen molar-refractivity contribution in [1.29, 1.82) is 0 Å². The lowest BCUT2D eigenvalue weighted by molar-refractivity contribution is 0.0982. The predicted octanol–water partition coefficient (Wildman–Crippen LogP) is 3.51. The number of para-hydroxylation sites is 2. The molecule has 2 aromatic carbocycles. The van der Waals surface area contributed by atoms with Crippen LogP contribution in [-0.4, -0.2) is 11.9 Å². The van der Waals surface area contributed by atoms with Crippen LogP contribution in [0.3, 0.4) is 0 Å². The van der Waals surface area contributed by atoms with Gasteiger partial charge in [0.05, 0.1) is 16.3 Å². The average molecular weight is 287 g/mol. The van der Waals surface area contributed by atoms with Crippen molar-refractivity contribution < 1.29 is 4.79 Å². The van der Waals surface area contributed by atoms with Crippen molar-refractivity contribution in [3.8, 4) is 0 Å². The van der Waals surface area contributed by atoms with E-state index in [0.717, 1.165) is 12.1 Å². The van der Waals surface area contributed by atoms with Crippen molar-refractivity contribution >= 4 is 28.9 Å². The van der Waals surface area contributed by atoms with Crippen LogP contribution >= 0.6 is 11.6 Å². The van der Waals surface area contributed by atoms with E-state index in [9.17, 15) is 4.79 Å². The molecule has 102 valence electrons. The molecule has 1 aliphatic rings. The Balaban J connectivity index is 2.05. The summed E-state index contributed by atoms with van der Waals surface area (Å²) in [4.78, 5) is 14.6. The first-order chi connectivity index (χ1) is 9.59. The van der Waals surface area contributed by atoms with E-state index in [0.29, 0.717) is 16.3 Å².